The number of rotatable bonds is 2. The Labute approximate surface area is 89.7 Å². The Hall–Kier alpha value is -1.40. The van der Waals surface area contributed by atoms with E-state index in [0.717, 1.165) is 0 Å². The van der Waals surface area contributed by atoms with Crippen LogP contribution in [0.1, 0.15) is 31.9 Å². The number of hydrogen-bond acceptors (Lipinski definition) is 2. The number of nitrogens with zero attached hydrogens (tertiary/aromatic N) is 1. The SMILES string of the molecule is CC(C)(C)NCc1cccc(C#N)c1F. The van der Waals surface area contributed by atoms with Gasteiger partial charge in [-0.15, -0.1) is 0 Å². The molecule has 0 aliphatic heterocycles. The molecule has 1 rings (SSSR count). The molecule has 0 bridgehead atoms. The van der Waals surface area contributed by atoms with Gasteiger partial charge in [-0.1, -0.05) is 12.1 Å². The molecule has 0 aromatic heterocycles. The zero-order valence-electron chi connectivity index (χ0n) is 9.26. The second kappa shape index (κ2) is 4.41. The minimum atomic E-state index is -0.420. The van der Waals surface area contributed by atoms with Gasteiger partial charge in [0.05, 0.1) is 5.56 Å². The van der Waals surface area contributed by atoms with Gasteiger partial charge in [-0.3, -0.25) is 0 Å². The summed E-state index contributed by atoms with van der Waals surface area (Å²) in [7, 11) is 0. The molecule has 0 heterocycles. The smallest absolute Gasteiger partial charge is 0.145 e. The fraction of sp³-hybridized carbons (Fsp3) is 0.417. The van der Waals surface area contributed by atoms with Crippen LogP contribution in [0.4, 0.5) is 4.39 Å². The van der Waals surface area contributed by atoms with Crippen molar-refractivity contribution < 1.29 is 4.39 Å². The highest BCUT2D eigenvalue weighted by Crippen LogP contribution is 2.13. The minimum absolute atomic E-state index is 0.0604. The van der Waals surface area contributed by atoms with E-state index >= 15 is 0 Å². The van der Waals surface area contributed by atoms with Crippen molar-refractivity contribution in [1.29, 1.82) is 5.26 Å². The molecule has 0 unspecified atom stereocenters. The van der Waals surface area contributed by atoms with Gasteiger partial charge in [-0.05, 0) is 26.8 Å². The highest BCUT2D eigenvalue weighted by atomic mass is 19.1. The van der Waals surface area contributed by atoms with Gasteiger partial charge in [0.2, 0.25) is 0 Å². The average molecular weight is 206 g/mol. The van der Waals surface area contributed by atoms with Crippen LogP contribution in [0, 0.1) is 17.1 Å². The average Bonchev–Trinajstić information content (AvgIpc) is 2.15. The van der Waals surface area contributed by atoms with Crippen molar-refractivity contribution in [2.45, 2.75) is 32.9 Å². The Kier molecular flexibility index (Phi) is 3.43. The number of hydrogen-bond donors (Lipinski definition) is 1. The van der Waals surface area contributed by atoms with E-state index in [-0.39, 0.29) is 11.1 Å². The molecule has 2 nitrogen and oxygen atoms in total. The summed E-state index contributed by atoms with van der Waals surface area (Å²) in [5, 5.41) is 11.8. The number of benzene rings is 1. The molecule has 1 aromatic rings. The van der Waals surface area contributed by atoms with Crippen LogP contribution in [0.5, 0.6) is 0 Å². The van der Waals surface area contributed by atoms with Gasteiger partial charge in [-0.25, -0.2) is 4.39 Å². The van der Waals surface area contributed by atoms with E-state index in [1.54, 1.807) is 12.1 Å². The lowest BCUT2D eigenvalue weighted by Crippen LogP contribution is -2.35. The second-order valence-electron chi connectivity index (χ2n) is 4.49. The zero-order valence-corrected chi connectivity index (χ0v) is 9.26. The quantitative estimate of drug-likeness (QED) is 0.807. The molecule has 0 spiro atoms. The fourth-order valence-electron chi connectivity index (χ4n) is 1.16. The Morgan fingerprint density at radius 2 is 2.07 bits per heavy atom. The third-order valence-electron chi connectivity index (χ3n) is 2.01. The molecule has 1 aromatic carbocycles. The molecule has 0 radical (unpaired) electrons. The first-order chi connectivity index (χ1) is 6.94. The van der Waals surface area contributed by atoms with Crippen molar-refractivity contribution >= 4 is 0 Å². The van der Waals surface area contributed by atoms with Crippen molar-refractivity contribution in [3.05, 3.63) is 35.1 Å². The maximum absolute atomic E-state index is 13.6. The van der Waals surface area contributed by atoms with Gasteiger partial charge in [0.25, 0.3) is 0 Å². The molecule has 1 N–H and O–H groups in total. The summed E-state index contributed by atoms with van der Waals surface area (Å²) in [4.78, 5) is 0. The van der Waals surface area contributed by atoms with Crippen LogP contribution in [-0.2, 0) is 6.54 Å². The molecule has 15 heavy (non-hydrogen) atoms. The monoisotopic (exact) mass is 206 g/mol. The zero-order chi connectivity index (χ0) is 11.5. The summed E-state index contributed by atoms with van der Waals surface area (Å²) in [6.07, 6.45) is 0. The van der Waals surface area contributed by atoms with Gasteiger partial charge in [0, 0.05) is 17.6 Å². The van der Waals surface area contributed by atoms with Gasteiger partial charge in [0.1, 0.15) is 11.9 Å². The number of halogens is 1. The molecular formula is C12H15FN2. The lowest BCUT2D eigenvalue weighted by molar-refractivity contribution is 0.418. The van der Waals surface area contributed by atoms with Crippen LogP contribution < -0.4 is 5.32 Å². The molecule has 0 aliphatic rings. The van der Waals surface area contributed by atoms with E-state index in [1.165, 1.54) is 6.07 Å². The molecule has 0 saturated carbocycles. The van der Waals surface area contributed by atoms with Crippen LogP contribution in [0.15, 0.2) is 18.2 Å². The van der Waals surface area contributed by atoms with E-state index in [0.29, 0.717) is 12.1 Å². The standard InChI is InChI=1S/C12H15FN2/c1-12(2,3)15-8-10-6-4-5-9(7-14)11(10)13/h4-6,15H,8H2,1-3H3. The predicted molar refractivity (Wildman–Crippen MR) is 57.7 cm³/mol. The lowest BCUT2D eigenvalue weighted by Gasteiger charge is -2.20. The maximum Gasteiger partial charge on any atom is 0.145 e. The van der Waals surface area contributed by atoms with Gasteiger partial charge in [0.15, 0.2) is 0 Å². The minimum Gasteiger partial charge on any atom is -0.308 e. The molecule has 0 saturated heterocycles. The summed E-state index contributed by atoms with van der Waals surface area (Å²) in [6, 6.07) is 6.70. The number of nitrogens with one attached hydrogen (secondary N) is 1. The Bertz CT molecular complexity index is 386. The van der Waals surface area contributed by atoms with Crippen LogP contribution in [0.2, 0.25) is 0 Å². The Balaban J connectivity index is 2.83. The summed E-state index contributed by atoms with van der Waals surface area (Å²) >= 11 is 0. The largest absolute Gasteiger partial charge is 0.308 e. The Morgan fingerprint density at radius 1 is 1.40 bits per heavy atom. The van der Waals surface area contributed by atoms with Gasteiger partial charge in [-0.2, -0.15) is 5.26 Å². The highest BCUT2D eigenvalue weighted by molar-refractivity contribution is 5.34. The summed E-state index contributed by atoms with van der Waals surface area (Å²) < 4.78 is 13.6. The number of nitriles is 1. The summed E-state index contributed by atoms with van der Waals surface area (Å²) in [5.74, 6) is -0.420. The molecule has 0 fully saturated rings. The van der Waals surface area contributed by atoms with E-state index in [9.17, 15) is 4.39 Å². The van der Waals surface area contributed by atoms with Crippen LogP contribution >= 0.6 is 0 Å². The van der Waals surface area contributed by atoms with E-state index < -0.39 is 5.82 Å². The van der Waals surface area contributed by atoms with Crippen molar-refractivity contribution in [3.63, 3.8) is 0 Å². The van der Waals surface area contributed by atoms with E-state index in [4.69, 9.17) is 5.26 Å². The fourth-order valence-corrected chi connectivity index (χ4v) is 1.16. The topological polar surface area (TPSA) is 35.8 Å². The molecule has 3 heteroatoms. The summed E-state index contributed by atoms with van der Waals surface area (Å²) in [6.45, 7) is 6.47. The van der Waals surface area contributed by atoms with Crippen molar-refractivity contribution in [1.82, 2.24) is 5.32 Å². The van der Waals surface area contributed by atoms with Crippen molar-refractivity contribution in [2.75, 3.05) is 0 Å². The first kappa shape index (κ1) is 11.7. The summed E-state index contributed by atoms with van der Waals surface area (Å²) in [5.41, 5.74) is 0.571. The highest BCUT2D eigenvalue weighted by Gasteiger charge is 2.12. The van der Waals surface area contributed by atoms with Crippen LogP contribution in [0.3, 0.4) is 0 Å². The predicted octanol–water partition coefficient (Wildman–Crippen LogP) is 2.59. The van der Waals surface area contributed by atoms with E-state index in [1.807, 2.05) is 26.8 Å². The Morgan fingerprint density at radius 3 is 2.60 bits per heavy atom. The maximum atomic E-state index is 13.6. The normalized spacial score (nSPS) is 11.1. The van der Waals surface area contributed by atoms with Crippen molar-refractivity contribution in [2.24, 2.45) is 0 Å². The molecular weight excluding hydrogens is 191 g/mol. The van der Waals surface area contributed by atoms with Gasteiger partial charge >= 0.3 is 0 Å². The molecule has 0 amide bonds. The lowest BCUT2D eigenvalue weighted by atomic mass is 10.1. The van der Waals surface area contributed by atoms with Crippen molar-refractivity contribution in [3.8, 4) is 6.07 Å². The third kappa shape index (κ3) is 3.34. The second-order valence-corrected chi connectivity index (χ2v) is 4.49. The van der Waals surface area contributed by atoms with Gasteiger partial charge < -0.3 is 5.32 Å². The van der Waals surface area contributed by atoms with E-state index in [2.05, 4.69) is 5.32 Å². The van der Waals surface area contributed by atoms with Crippen LogP contribution in [0.25, 0.3) is 0 Å². The molecule has 0 atom stereocenters. The van der Waals surface area contributed by atoms with Crippen LogP contribution in [-0.4, -0.2) is 5.54 Å². The molecule has 0 aliphatic carbocycles. The molecule has 80 valence electrons. The first-order valence-electron chi connectivity index (χ1n) is 4.86. The third-order valence-corrected chi connectivity index (χ3v) is 2.01. The first-order valence-corrected chi connectivity index (χ1v) is 4.86.